The van der Waals surface area contributed by atoms with Gasteiger partial charge in [0, 0.05) is 6.04 Å². The van der Waals surface area contributed by atoms with Crippen LogP contribution in [0.3, 0.4) is 0 Å². The Bertz CT molecular complexity index is 567. The second kappa shape index (κ2) is 5.64. The van der Waals surface area contributed by atoms with Gasteiger partial charge in [0.1, 0.15) is 5.76 Å². The Kier molecular flexibility index (Phi) is 4.32. The molecule has 0 aromatic carbocycles. The summed E-state index contributed by atoms with van der Waals surface area (Å²) in [6.45, 7) is 0.0768. The zero-order valence-electron chi connectivity index (χ0n) is 10.1. The van der Waals surface area contributed by atoms with E-state index in [2.05, 4.69) is 15.9 Å². The first-order chi connectivity index (χ1) is 8.87. The summed E-state index contributed by atoms with van der Waals surface area (Å²) in [4.78, 5) is 12.5. The lowest BCUT2D eigenvalue weighted by molar-refractivity contribution is -0.139. The molecule has 0 aliphatic carbocycles. The third-order valence-electron chi connectivity index (χ3n) is 3.10. The maximum Gasteiger partial charge on any atom is 0.317 e. The number of halogens is 1. The first kappa shape index (κ1) is 14.5. The lowest BCUT2D eigenvalue weighted by Gasteiger charge is -2.25. The van der Waals surface area contributed by atoms with Crippen molar-refractivity contribution in [3.63, 3.8) is 0 Å². The Balaban J connectivity index is 2.12. The van der Waals surface area contributed by atoms with E-state index in [1.807, 2.05) is 0 Å². The SMILES string of the molecule is O=C(O)CN(Cc1occc1Br)C1CCS(=O)(=O)C1. The van der Waals surface area contributed by atoms with E-state index in [0.717, 1.165) is 4.47 Å². The molecular weight excluding hydrogens is 338 g/mol. The number of carboxylic acid groups (broad SMARTS) is 1. The van der Waals surface area contributed by atoms with E-state index in [0.29, 0.717) is 12.2 Å². The second-order valence-corrected chi connectivity index (χ2v) is 7.63. The fourth-order valence-corrected chi connectivity index (χ4v) is 4.26. The zero-order chi connectivity index (χ0) is 14.0. The normalized spacial score (nSPS) is 21.9. The van der Waals surface area contributed by atoms with Crippen LogP contribution < -0.4 is 0 Å². The second-order valence-electron chi connectivity index (χ2n) is 4.55. The molecule has 0 saturated carbocycles. The van der Waals surface area contributed by atoms with Gasteiger partial charge in [0.15, 0.2) is 9.84 Å². The molecule has 1 unspecified atom stereocenters. The highest BCUT2D eigenvalue weighted by Crippen LogP contribution is 2.24. The number of furan rings is 1. The Labute approximate surface area is 119 Å². The van der Waals surface area contributed by atoms with Crippen molar-refractivity contribution in [1.82, 2.24) is 4.90 Å². The predicted octanol–water partition coefficient (Wildman–Crippen LogP) is 1.12. The van der Waals surface area contributed by atoms with Crippen LogP contribution in [-0.4, -0.2) is 48.5 Å². The van der Waals surface area contributed by atoms with Crippen molar-refractivity contribution in [3.05, 3.63) is 22.6 Å². The molecule has 1 aliphatic rings. The van der Waals surface area contributed by atoms with E-state index in [1.54, 1.807) is 11.0 Å². The van der Waals surface area contributed by atoms with Gasteiger partial charge >= 0.3 is 5.97 Å². The van der Waals surface area contributed by atoms with Crippen LogP contribution in [0.25, 0.3) is 0 Å². The molecular formula is C11H14BrNO5S. The summed E-state index contributed by atoms with van der Waals surface area (Å²) in [5.74, 6) is -0.247. The highest BCUT2D eigenvalue weighted by molar-refractivity contribution is 9.10. The third kappa shape index (κ3) is 3.80. The molecule has 1 aromatic heterocycles. The number of rotatable bonds is 5. The number of carbonyl (C=O) groups is 1. The summed E-state index contributed by atoms with van der Waals surface area (Å²) in [6, 6.07) is 1.46. The molecule has 0 bridgehead atoms. The van der Waals surface area contributed by atoms with Crippen LogP contribution in [0, 0.1) is 0 Å². The highest BCUT2D eigenvalue weighted by Gasteiger charge is 2.33. The first-order valence-electron chi connectivity index (χ1n) is 5.75. The molecule has 2 heterocycles. The van der Waals surface area contributed by atoms with Crippen molar-refractivity contribution in [2.75, 3.05) is 18.1 Å². The molecule has 0 amide bonds. The Morgan fingerprint density at radius 3 is 2.79 bits per heavy atom. The molecule has 19 heavy (non-hydrogen) atoms. The lowest BCUT2D eigenvalue weighted by Crippen LogP contribution is -2.39. The summed E-state index contributed by atoms with van der Waals surface area (Å²) in [6.07, 6.45) is 1.97. The van der Waals surface area contributed by atoms with Gasteiger partial charge in [-0.1, -0.05) is 0 Å². The first-order valence-corrected chi connectivity index (χ1v) is 8.37. The number of carboxylic acids is 1. The minimum absolute atomic E-state index is 0.0125. The topological polar surface area (TPSA) is 87.8 Å². The van der Waals surface area contributed by atoms with Crippen LogP contribution in [0.15, 0.2) is 21.2 Å². The zero-order valence-corrected chi connectivity index (χ0v) is 12.5. The molecule has 0 spiro atoms. The van der Waals surface area contributed by atoms with E-state index < -0.39 is 15.8 Å². The number of aliphatic carboxylic acids is 1. The van der Waals surface area contributed by atoms with E-state index in [1.165, 1.54) is 6.26 Å². The molecule has 0 radical (unpaired) electrons. The van der Waals surface area contributed by atoms with Gasteiger partial charge in [-0.2, -0.15) is 0 Å². The van der Waals surface area contributed by atoms with Crippen molar-refractivity contribution in [2.24, 2.45) is 0 Å². The summed E-state index contributed by atoms with van der Waals surface area (Å²) in [5, 5.41) is 8.94. The Morgan fingerprint density at radius 2 is 2.32 bits per heavy atom. The van der Waals surface area contributed by atoms with E-state index in [-0.39, 0.29) is 30.6 Å². The van der Waals surface area contributed by atoms with Gasteiger partial charge in [-0.15, -0.1) is 0 Å². The molecule has 106 valence electrons. The van der Waals surface area contributed by atoms with Crippen LogP contribution >= 0.6 is 15.9 Å². The molecule has 1 aromatic rings. The van der Waals surface area contributed by atoms with Crippen molar-refractivity contribution < 1.29 is 22.7 Å². The predicted molar refractivity (Wildman–Crippen MR) is 71.5 cm³/mol. The smallest absolute Gasteiger partial charge is 0.317 e. The molecule has 6 nitrogen and oxygen atoms in total. The van der Waals surface area contributed by atoms with Crippen LogP contribution in [0.2, 0.25) is 0 Å². The minimum Gasteiger partial charge on any atom is -0.480 e. The summed E-state index contributed by atoms with van der Waals surface area (Å²) in [5.41, 5.74) is 0. The van der Waals surface area contributed by atoms with E-state index in [9.17, 15) is 13.2 Å². The van der Waals surface area contributed by atoms with Crippen molar-refractivity contribution in [3.8, 4) is 0 Å². The van der Waals surface area contributed by atoms with Gasteiger partial charge in [0.2, 0.25) is 0 Å². The van der Waals surface area contributed by atoms with Crippen molar-refractivity contribution >= 4 is 31.7 Å². The number of hydrogen-bond acceptors (Lipinski definition) is 5. The molecule has 1 N–H and O–H groups in total. The van der Waals surface area contributed by atoms with E-state index in [4.69, 9.17) is 9.52 Å². The molecule has 1 saturated heterocycles. The van der Waals surface area contributed by atoms with Gasteiger partial charge in [-0.05, 0) is 28.4 Å². The Hall–Kier alpha value is -0.860. The molecule has 2 rings (SSSR count). The number of nitrogens with zero attached hydrogens (tertiary/aromatic N) is 1. The monoisotopic (exact) mass is 351 g/mol. The fraction of sp³-hybridized carbons (Fsp3) is 0.545. The maximum absolute atomic E-state index is 11.5. The summed E-state index contributed by atoms with van der Waals surface area (Å²) < 4.78 is 29.0. The van der Waals surface area contributed by atoms with Gasteiger partial charge in [-0.3, -0.25) is 9.69 Å². The van der Waals surface area contributed by atoms with Gasteiger partial charge in [-0.25, -0.2) is 8.42 Å². The van der Waals surface area contributed by atoms with Gasteiger partial charge < -0.3 is 9.52 Å². The number of hydrogen-bond donors (Lipinski definition) is 1. The van der Waals surface area contributed by atoms with Gasteiger partial charge in [0.05, 0.1) is 35.3 Å². The third-order valence-corrected chi connectivity index (χ3v) is 5.56. The highest BCUT2D eigenvalue weighted by atomic mass is 79.9. The van der Waals surface area contributed by atoms with Crippen LogP contribution in [0.4, 0.5) is 0 Å². The number of sulfone groups is 1. The molecule has 1 aliphatic heterocycles. The molecule has 8 heteroatoms. The van der Waals surface area contributed by atoms with Crippen molar-refractivity contribution in [2.45, 2.75) is 19.0 Å². The standard InChI is InChI=1S/C11H14BrNO5S/c12-9-1-3-18-10(9)5-13(6-11(14)15)8-2-4-19(16,17)7-8/h1,3,8H,2,4-7H2,(H,14,15). The van der Waals surface area contributed by atoms with Crippen molar-refractivity contribution in [1.29, 1.82) is 0 Å². The maximum atomic E-state index is 11.5. The Morgan fingerprint density at radius 1 is 1.58 bits per heavy atom. The largest absolute Gasteiger partial charge is 0.480 e. The molecule has 1 atom stereocenters. The average Bonchev–Trinajstić information content (AvgIpc) is 2.84. The van der Waals surface area contributed by atoms with Crippen LogP contribution in [-0.2, 0) is 21.2 Å². The lowest BCUT2D eigenvalue weighted by atomic mass is 10.2. The summed E-state index contributed by atoms with van der Waals surface area (Å²) >= 11 is 3.31. The summed E-state index contributed by atoms with van der Waals surface area (Å²) in [7, 11) is -3.04. The van der Waals surface area contributed by atoms with E-state index >= 15 is 0 Å². The quantitative estimate of drug-likeness (QED) is 0.854. The minimum atomic E-state index is -3.04. The van der Waals surface area contributed by atoms with Crippen LogP contribution in [0.5, 0.6) is 0 Å². The average molecular weight is 352 g/mol. The molecule has 1 fully saturated rings. The fourth-order valence-electron chi connectivity index (χ4n) is 2.17. The van der Waals surface area contributed by atoms with Crippen LogP contribution in [0.1, 0.15) is 12.2 Å². The van der Waals surface area contributed by atoms with Gasteiger partial charge in [0.25, 0.3) is 0 Å².